The van der Waals surface area contributed by atoms with Gasteiger partial charge >= 0.3 is 21.7 Å². The third-order valence-corrected chi connectivity index (χ3v) is 4.06. The van der Waals surface area contributed by atoms with Crippen LogP contribution in [0.15, 0.2) is 72.8 Å². The molecule has 0 spiro atoms. The average Bonchev–Trinajstić information content (AvgIpc) is 3.07. The summed E-state index contributed by atoms with van der Waals surface area (Å²) in [5.41, 5.74) is 2.88. The van der Waals surface area contributed by atoms with Crippen LogP contribution in [-0.4, -0.2) is 0 Å². The predicted octanol–water partition coefficient (Wildman–Crippen LogP) is 5.21. The van der Waals surface area contributed by atoms with E-state index in [-0.39, 0.29) is 21.7 Å². The van der Waals surface area contributed by atoms with Gasteiger partial charge in [-0.05, 0) is 12.8 Å². The van der Waals surface area contributed by atoms with E-state index >= 15 is 0 Å². The number of benzene rings is 2. The Morgan fingerprint density at radius 1 is 0.619 bits per heavy atom. The third kappa shape index (κ3) is 2.88. The molecule has 0 aliphatic carbocycles. The number of aryl methyl sites for hydroxylation is 2. The van der Waals surface area contributed by atoms with Crippen molar-refractivity contribution in [2.45, 2.75) is 12.8 Å². The van der Waals surface area contributed by atoms with Gasteiger partial charge < -0.3 is 0 Å². The molecule has 0 atom stereocenters. The summed E-state index contributed by atoms with van der Waals surface area (Å²) in [5, 5.41) is 5.43. The van der Waals surface area contributed by atoms with Gasteiger partial charge in [0.2, 0.25) is 0 Å². The van der Waals surface area contributed by atoms with E-state index in [4.69, 9.17) is 0 Å². The van der Waals surface area contributed by atoms with E-state index in [2.05, 4.69) is 72.8 Å². The van der Waals surface area contributed by atoms with Crippen molar-refractivity contribution in [3.05, 3.63) is 83.9 Å². The summed E-state index contributed by atoms with van der Waals surface area (Å²) in [5.74, 6) is 0. The Labute approximate surface area is 140 Å². The first-order valence-corrected chi connectivity index (χ1v) is 7.17. The van der Waals surface area contributed by atoms with E-state index in [1.807, 2.05) is 0 Å². The molecule has 0 N–H and O–H groups in total. The summed E-state index contributed by atoms with van der Waals surface area (Å²) in [6, 6.07) is 26.5. The van der Waals surface area contributed by atoms with Crippen molar-refractivity contribution in [3.8, 4) is 0 Å². The minimum atomic E-state index is 0. The van der Waals surface area contributed by atoms with E-state index in [1.54, 1.807) is 0 Å². The molecule has 4 rings (SSSR count). The second-order valence-corrected chi connectivity index (χ2v) is 5.49. The minimum absolute atomic E-state index is 0. The molecule has 0 amide bonds. The monoisotopic (exact) mass is 304 g/mol. The summed E-state index contributed by atoms with van der Waals surface area (Å²) < 4.78 is 0. The number of rotatable bonds is 3. The first-order valence-electron chi connectivity index (χ1n) is 7.17. The van der Waals surface area contributed by atoms with Gasteiger partial charge in [0.25, 0.3) is 0 Å². The Morgan fingerprint density at radius 3 is 1.48 bits per heavy atom. The molecule has 0 fully saturated rings. The third-order valence-electron chi connectivity index (χ3n) is 4.06. The van der Waals surface area contributed by atoms with Crippen LogP contribution in [0.5, 0.6) is 0 Å². The molecule has 0 saturated heterocycles. The normalized spacial score (nSPS) is 10.9. The second kappa shape index (κ2) is 6.01. The van der Waals surface area contributed by atoms with Crippen LogP contribution >= 0.6 is 0 Å². The molecule has 100 valence electrons. The Balaban J connectivity index is 0.00000132. The summed E-state index contributed by atoms with van der Waals surface area (Å²) in [6.07, 6.45) is 2.23. The largest absolute Gasteiger partial charge is 2.00 e. The van der Waals surface area contributed by atoms with Crippen LogP contribution in [0, 0.1) is 0 Å². The first-order chi connectivity index (χ1) is 9.88. The zero-order chi connectivity index (χ0) is 13.4. The van der Waals surface area contributed by atoms with Crippen LogP contribution in [-0.2, 0) is 34.6 Å². The molecule has 0 saturated carbocycles. The zero-order valence-corrected chi connectivity index (χ0v) is 13.4. The minimum Gasteiger partial charge on any atom is -0.165 e. The van der Waals surface area contributed by atoms with Gasteiger partial charge in [0.15, 0.2) is 0 Å². The molecule has 1 heteroatoms. The van der Waals surface area contributed by atoms with Crippen molar-refractivity contribution in [1.29, 1.82) is 0 Å². The average molecular weight is 304 g/mol. The van der Waals surface area contributed by atoms with Crippen molar-refractivity contribution < 1.29 is 21.7 Å². The fraction of sp³-hybridized carbons (Fsp3) is 0.100. The molecule has 0 aromatic heterocycles. The molecule has 0 unspecified atom stereocenters. The Hall–Kier alpha value is -1.63. The van der Waals surface area contributed by atoms with Crippen LogP contribution in [0.3, 0.4) is 0 Å². The molecular weight excluding hydrogens is 288 g/mol. The van der Waals surface area contributed by atoms with Gasteiger partial charge in [0.1, 0.15) is 0 Å². The van der Waals surface area contributed by atoms with Gasteiger partial charge in [0.05, 0.1) is 0 Å². The van der Waals surface area contributed by atoms with Crippen LogP contribution in [0.2, 0.25) is 0 Å². The molecule has 4 aromatic carbocycles. The first kappa shape index (κ1) is 14.3. The van der Waals surface area contributed by atoms with Gasteiger partial charge in [-0.1, -0.05) is 12.1 Å². The Bertz CT molecular complexity index is 723. The van der Waals surface area contributed by atoms with Crippen molar-refractivity contribution >= 4 is 21.5 Å². The standard InChI is InChI=1S/C20H16.Ti/c1-2-6-18-12-15(11-17(18)5-1)9-10-16-13-19-7-3-4-8-20(19)14-16;/h1-8,11-14H,9-10H2;/q-2;+2. The number of fused-ring (bicyclic) bond motifs is 2. The predicted molar refractivity (Wildman–Crippen MR) is 86.5 cm³/mol. The molecule has 4 aromatic rings. The van der Waals surface area contributed by atoms with Crippen molar-refractivity contribution in [2.24, 2.45) is 0 Å². The number of hydrogen-bond acceptors (Lipinski definition) is 0. The van der Waals surface area contributed by atoms with E-state index in [9.17, 15) is 0 Å². The molecular formula is C20H16Ti. The fourth-order valence-corrected chi connectivity index (χ4v) is 3.01. The summed E-state index contributed by atoms with van der Waals surface area (Å²) >= 11 is 0. The molecule has 0 heterocycles. The summed E-state index contributed by atoms with van der Waals surface area (Å²) in [4.78, 5) is 0. The molecule has 0 radical (unpaired) electrons. The quantitative estimate of drug-likeness (QED) is 0.360. The molecule has 0 bridgehead atoms. The van der Waals surface area contributed by atoms with Gasteiger partial charge in [-0.2, -0.15) is 12.1 Å². The van der Waals surface area contributed by atoms with E-state index < -0.39 is 0 Å². The Kier molecular flexibility index (Phi) is 4.10. The van der Waals surface area contributed by atoms with E-state index in [0.717, 1.165) is 12.8 Å². The Morgan fingerprint density at radius 2 is 1.05 bits per heavy atom. The number of hydrogen-bond donors (Lipinski definition) is 0. The van der Waals surface area contributed by atoms with E-state index in [0.29, 0.717) is 0 Å². The SMILES string of the molecule is [Ti+2].c1ccc2[cH-]c(CCc3cc4ccccc4[cH-]3)cc2c1. The van der Waals surface area contributed by atoms with Crippen LogP contribution < -0.4 is 0 Å². The maximum Gasteiger partial charge on any atom is 2.00 e. The van der Waals surface area contributed by atoms with Crippen LogP contribution in [0.4, 0.5) is 0 Å². The fourth-order valence-electron chi connectivity index (χ4n) is 3.01. The van der Waals surface area contributed by atoms with Gasteiger partial charge in [-0.25, -0.2) is 0 Å². The molecule has 0 nitrogen and oxygen atoms in total. The summed E-state index contributed by atoms with van der Waals surface area (Å²) in [7, 11) is 0. The maximum atomic E-state index is 2.32. The topological polar surface area (TPSA) is 0 Å². The maximum absolute atomic E-state index is 2.32. The molecule has 0 aliphatic rings. The van der Waals surface area contributed by atoms with Crippen LogP contribution in [0.1, 0.15) is 11.1 Å². The van der Waals surface area contributed by atoms with E-state index in [1.165, 1.54) is 32.7 Å². The smallest absolute Gasteiger partial charge is 0.165 e. The van der Waals surface area contributed by atoms with Crippen molar-refractivity contribution in [3.63, 3.8) is 0 Å². The van der Waals surface area contributed by atoms with Gasteiger partial charge in [0, 0.05) is 0 Å². The van der Waals surface area contributed by atoms with Gasteiger partial charge in [-0.15, -0.1) is 81.2 Å². The van der Waals surface area contributed by atoms with Crippen LogP contribution in [0.25, 0.3) is 21.5 Å². The van der Waals surface area contributed by atoms with Crippen molar-refractivity contribution in [1.82, 2.24) is 0 Å². The summed E-state index contributed by atoms with van der Waals surface area (Å²) in [6.45, 7) is 0. The zero-order valence-electron chi connectivity index (χ0n) is 11.8. The molecule has 21 heavy (non-hydrogen) atoms. The van der Waals surface area contributed by atoms with Gasteiger partial charge in [-0.3, -0.25) is 0 Å². The van der Waals surface area contributed by atoms with Crippen molar-refractivity contribution in [2.75, 3.05) is 0 Å². The second-order valence-electron chi connectivity index (χ2n) is 5.49. The molecule has 0 aliphatic heterocycles.